The second-order valence-electron chi connectivity index (χ2n) is 5.73. The largest absolute Gasteiger partial charge is 0.478 e. The number of carboxylic acid groups (broad SMARTS) is 1. The number of hydrogen-bond donors (Lipinski definition) is 1. The second kappa shape index (κ2) is 11.7. The van der Waals surface area contributed by atoms with Crippen LogP contribution in [0.25, 0.3) is 0 Å². The molecule has 0 aliphatic carbocycles. The summed E-state index contributed by atoms with van der Waals surface area (Å²) in [5.41, 5.74) is 0.269. The van der Waals surface area contributed by atoms with Crippen LogP contribution >= 0.6 is 0 Å². The molecule has 0 heterocycles. The maximum Gasteiger partial charge on any atom is 0.328 e. The van der Waals surface area contributed by atoms with Crippen LogP contribution in [0.3, 0.4) is 0 Å². The lowest BCUT2D eigenvalue weighted by atomic mass is 9.74. The number of hydrogen-bond acceptors (Lipinski definition) is 1. The molecule has 20 heavy (non-hydrogen) atoms. The first-order valence-electron chi connectivity index (χ1n) is 8.19. The van der Waals surface area contributed by atoms with Gasteiger partial charge in [-0.1, -0.05) is 77.5 Å². The van der Waals surface area contributed by atoms with E-state index >= 15 is 0 Å². The van der Waals surface area contributed by atoms with Gasteiger partial charge in [-0.25, -0.2) is 4.79 Å². The van der Waals surface area contributed by atoms with Gasteiger partial charge in [0.25, 0.3) is 0 Å². The van der Waals surface area contributed by atoms with Crippen LogP contribution < -0.4 is 0 Å². The Morgan fingerprint density at radius 1 is 0.900 bits per heavy atom. The minimum absolute atomic E-state index is 0.269. The van der Waals surface area contributed by atoms with Gasteiger partial charge in [-0.2, -0.15) is 0 Å². The van der Waals surface area contributed by atoms with Crippen molar-refractivity contribution in [3.63, 3.8) is 0 Å². The van der Waals surface area contributed by atoms with Gasteiger partial charge in [0.2, 0.25) is 0 Å². The van der Waals surface area contributed by atoms with E-state index in [1.54, 1.807) is 6.08 Å². The zero-order chi connectivity index (χ0) is 15.3. The Morgan fingerprint density at radius 2 is 1.35 bits per heavy atom. The van der Waals surface area contributed by atoms with Crippen molar-refractivity contribution in [2.24, 2.45) is 5.41 Å². The summed E-state index contributed by atoms with van der Waals surface area (Å²) in [7, 11) is 0. The molecule has 0 amide bonds. The summed E-state index contributed by atoms with van der Waals surface area (Å²) < 4.78 is 0. The third-order valence-corrected chi connectivity index (χ3v) is 3.88. The van der Waals surface area contributed by atoms with E-state index in [4.69, 9.17) is 5.11 Å². The van der Waals surface area contributed by atoms with Crippen LogP contribution in [0.4, 0.5) is 0 Å². The van der Waals surface area contributed by atoms with Crippen LogP contribution in [0.15, 0.2) is 24.3 Å². The molecular formula is C18H32O2. The average molecular weight is 280 g/mol. The third-order valence-electron chi connectivity index (χ3n) is 3.88. The lowest BCUT2D eigenvalue weighted by molar-refractivity contribution is -0.131. The number of rotatable bonds is 12. The van der Waals surface area contributed by atoms with Gasteiger partial charge in [0, 0.05) is 6.08 Å². The molecule has 0 saturated heterocycles. The number of unbranched alkanes of at least 4 members (excludes halogenated alkanes) is 3. The minimum atomic E-state index is -0.879. The van der Waals surface area contributed by atoms with Gasteiger partial charge < -0.3 is 5.11 Å². The molecule has 0 fully saturated rings. The van der Waals surface area contributed by atoms with Crippen LogP contribution in [0.5, 0.6) is 0 Å². The van der Waals surface area contributed by atoms with Gasteiger partial charge in [-0.15, -0.1) is 0 Å². The lowest BCUT2D eigenvalue weighted by Crippen LogP contribution is -2.18. The molecule has 0 aliphatic rings. The number of carboxylic acids is 1. The molecule has 116 valence electrons. The topological polar surface area (TPSA) is 37.3 Å². The fraction of sp³-hybridized carbons (Fsp3) is 0.722. The molecule has 2 nitrogen and oxygen atoms in total. The molecule has 0 rings (SSSR count). The molecule has 0 aromatic rings. The highest BCUT2D eigenvalue weighted by molar-refractivity contribution is 5.80. The van der Waals surface area contributed by atoms with Crippen molar-refractivity contribution in [1.29, 1.82) is 0 Å². The van der Waals surface area contributed by atoms with E-state index in [-0.39, 0.29) is 5.41 Å². The zero-order valence-electron chi connectivity index (χ0n) is 13.5. The monoisotopic (exact) mass is 280 g/mol. The predicted molar refractivity (Wildman–Crippen MR) is 86.9 cm³/mol. The summed E-state index contributed by atoms with van der Waals surface area (Å²) in [6, 6.07) is 0. The molecular weight excluding hydrogens is 248 g/mol. The zero-order valence-corrected chi connectivity index (χ0v) is 13.5. The Morgan fingerprint density at radius 3 is 1.70 bits per heavy atom. The number of aliphatic carboxylic acids is 1. The normalized spacial score (nSPS) is 12.6. The molecule has 0 aliphatic heterocycles. The first-order chi connectivity index (χ1) is 9.60. The minimum Gasteiger partial charge on any atom is -0.478 e. The van der Waals surface area contributed by atoms with Gasteiger partial charge in [0.05, 0.1) is 0 Å². The van der Waals surface area contributed by atoms with Crippen molar-refractivity contribution in [3.05, 3.63) is 24.3 Å². The summed E-state index contributed by atoms with van der Waals surface area (Å²) in [4.78, 5) is 10.5. The van der Waals surface area contributed by atoms with E-state index in [2.05, 4.69) is 26.8 Å². The molecule has 0 atom stereocenters. The molecule has 0 saturated carbocycles. The van der Waals surface area contributed by atoms with E-state index < -0.39 is 5.97 Å². The summed E-state index contributed by atoms with van der Waals surface area (Å²) in [6.07, 6.45) is 18.2. The Bertz CT molecular complexity index is 281. The summed E-state index contributed by atoms with van der Waals surface area (Å²) in [5, 5.41) is 8.65. The van der Waals surface area contributed by atoms with Gasteiger partial charge >= 0.3 is 5.97 Å². The van der Waals surface area contributed by atoms with E-state index in [0.717, 1.165) is 0 Å². The highest BCUT2D eigenvalue weighted by Gasteiger charge is 2.24. The third kappa shape index (κ3) is 8.95. The highest BCUT2D eigenvalue weighted by Crippen LogP contribution is 2.38. The fourth-order valence-electron chi connectivity index (χ4n) is 2.61. The van der Waals surface area contributed by atoms with Gasteiger partial charge in [0.15, 0.2) is 0 Å². The van der Waals surface area contributed by atoms with Crippen molar-refractivity contribution in [2.45, 2.75) is 78.6 Å². The summed E-state index contributed by atoms with van der Waals surface area (Å²) in [6.45, 7) is 6.70. The quantitative estimate of drug-likeness (QED) is 0.365. The first kappa shape index (κ1) is 18.9. The second-order valence-corrected chi connectivity index (χ2v) is 5.73. The maximum absolute atomic E-state index is 10.5. The Hall–Kier alpha value is -1.05. The molecule has 0 aromatic heterocycles. The van der Waals surface area contributed by atoms with Crippen molar-refractivity contribution in [2.75, 3.05) is 0 Å². The van der Waals surface area contributed by atoms with Crippen LogP contribution in [0, 0.1) is 5.41 Å². The van der Waals surface area contributed by atoms with E-state index in [1.807, 2.05) is 6.08 Å². The van der Waals surface area contributed by atoms with Gasteiger partial charge in [-0.05, 0) is 24.7 Å². The van der Waals surface area contributed by atoms with Crippen molar-refractivity contribution in [3.8, 4) is 0 Å². The van der Waals surface area contributed by atoms with Crippen molar-refractivity contribution in [1.82, 2.24) is 0 Å². The first-order valence-corrected chi connectivity index (χ1v) is 8.19. The SMILES string of the molecule is CCCCC(/C=C/C=C/C(=O)O)(CCCC)CCCC. The Balaban J connectivity index is 4.86. The smallest absolute Gasteiger partial charge is 0.328 e. The molecule has 2 heteroatoms. The van der Waals surface area contributed by atoms with Crippen LogP contribution in [-0.2, 0) is 4.79 Å². The average Bonchev–Trinajstić information content (AvgIpc) is 2.44. The predicted octanol–water partition coefficient (Wildman–Crippen LogP) is 5.74. The standard InChI is InChI=1S/C18H32O2/c1-4-7-13-18(14-8-5-2,15-9-6-3)16-11-10-12-17(19)20/h10-12,16H,4-9,13-15H2,1-3H3,(H,19,20)/b12-10+,16-11+. The van der Waals surface area contributed by atoms with Crippen molar-refractivity contribution >= 4 is 5.97 Å². The number of carbonyl (C=O) groups is 1. The van der Waals surface area contributed by atoms with Gasteiger partial charge in [0.1, 0.15) is 0 Å². The Labute approximate surface area is 125 Å². The molecule has 0 aromatic carbocycles. The molecule has 1 N–H and O–H groups in total. The van der Waals surface area contributed by atoms with E-state index in [0.29, 0.717) is 0 Å². The van der Waals surface area contributed by atoms with E-state index in [1.165, 1.54) is 63.9 Å². The molecule has 0 unspecified atom stereocenters. The van der Waals surface area contributed by atoms with Crippen LogP contribution in [0.1, 0.15) is 78.6 Å². The van der Waals surface area contributed by atoms with E-state index in [9.17, 15) is 4.79 Å². The molecule has 0 bridgehead atoms. The van der Waals surface area contributed by atoms with Crippen LogP contribution in [0.2, 0.25) is 0 Å². The highest BCUT2D eigenvalue weighted by atomic mass is 16.4. The van der Waals surface area contributed by atoms with Gasteiger partial charge in [-0.3, -0.25) is 0 Å². The fourth-order valence-corrected chi connectivity index (χ4v) is 2.61. The molecule has 0 spiro atoms. The number of allylic oxidation sites excluding steroid dienone is 3. The summed E-state index contributed by atoms with van der Waals surface area (Å²) >= 11 is 0. The van der Waals surface area contributed by atoms with Crippen LogP contribution in [-0.4, -0.2) is 11.1 Å². The Kier molecular flexibility index (Phi) is 11.1. The maximum atomic E-state index is 10.5. The lowest BCUT2D eigenvalue weighted by Gasteiger charge is -2.31. The molecule has 0 radical (unpaired) electrons. The van der Waals surface area contributed by atoms with Crippen molar-refractivity contribution < 1.29 is 9.90 Å². The summed E-state index contributed by atoms with van der Waals surface area (Å²) in [5.74, 6) is -0.879.